The normalized spacial score (nSPS) is 15.4. The van der Waals surface area contributed by atoms with E-state index in [0.29, 0.717) is 42.4 Å². The molecule has 3 aromatic rings. The van der Waals surface area contributed by atoms with Crippen molar-refractivity contribution in [3.8, 4) is 11.5 Å². The maximum absolute atomic E-state index is 15.1. The first kappa shape index (κ1) is 40.2. The minimum Gasteiger partial charge on any atom is -0.544 e. The van der Waals surface area contributed by atoms with Crippen LogP contribution in [0.15, 0.2) is 94.7 Å². The first-order valence-electron chi connectivity index (χ1n) is 18.7. The number of carbonyl (C=O) groups is 2. The van der Waals surface area contributed by atoms with Crippen molar-refractivity contribution in [3.63, 3.8) is 0 Å². The van der Waals surface area contributed by atoms with Crippen molar-refractivity contribution >= 4 is 43.6 Å². The van der Waals surface area contributed by atoms with Gasteiger partial charge in [0, 0.05) is 24.7 Å². The summed E-state index contributed by atoms with van der Waals surface area (Å²) in [4.78, 5) is 36.8. The van der Waals surface area contributed by atoms with Crippen LogP contribution in [-0.4, -0.2) is 55.5 Å². The van der Waals surface area contributed by atoms with Crippen molar-refractivity contribution in [2.75, 3.05) is 13.2 Å². The molecule has 0 bridgehead atoms. The molecule has 0 spiro atoms. The van der Waals surface area contributed by atoms with Crippen LogP contribution in [-0.2, 0) is 16.0 Å². The fourth-order valence-electron chi connectivity index (χ4n) is 5.54. The monoisotopic (exact) mass is 752 g/mol. The summed E-state index contributed by atoms with van der Waals surface area (Å²) in [6.07, 6.45) is 6.70. The topological polar surface area (TPSA) is 102 Å². The number of fused-ring (bicyclic) bond motifs is 1. The van der Waals surface area contributed by atoms with Crippen LogP contribution in [0.3, 0.4) is 0 Å². The molecular weight excluding hydrogens is 700 g/mol. The smallest absolute Gasteiger partial charge is 0.407 e. The largest absolute Gasteiger partial charge is 0.544 e. The molecule has 0 radical (unpaired) electrons. The van der Waals surface area contributed by atoms with Gasteiger partial charge in [-0.3, -0.25) is 9.69 Å². The molecular formula is C43H53FN4O5Si. The van der Waals surface area contributed by atoms with E-state index < -0.39 is 25.8 Å². The third-order valence-corrected chi connectivity index (χ3v) is 13.8. The lowest BCUT2D eigenvalue weighted by Gasteiger charge is -2.36. The van der Waals surface area contributed by atoms with Gasteiger partial charge in [0.2, 0.25) is 8.32 Å². The maximum atomic E-state index is 15.1. The van der Waals surface area contributed by atoms with Crippen LogP contribution in [0.2, 0.25) is 18.1 Å². The van der Waals surface area contributed by atoms with E-state index in [9.17, 15) is 9.59 Å². The second-order valence-electron chi connectivity index (χ2n) is 16.1. The second kappa shape index (κ2) is 17.0. The second-order valence-corrected chi connectivity index (χ2v) is 20.9. The quantitative estimate of drug-likeness (QED) is 0.100. The molecule has 2 amide bonds. The van der Waals surface area contributed by atoms with Crippen molar-refractivity contribution in [2.45, 2.75) is 97.4 Å². The molecule has 2 heterocycles. The Hall–Kier alpha value is -5.03. The lowest BCUT2D eigenvalue weighted by molar-refractivity contribution is -0.120. The van der Waals surface area contributed by atoms with Crippen molar-refractivity contribution in [2.24, 2.45) is 9.98 Å². The molecule has 0 aromatic heterocycles. The number of hydrogen-bond donors (Lipinski definition) is 1. The third kappa shape index (κ3) is 10.8. The number of benzene rings is 3. The lowest BCUT2D eigenvalue weighted by atomic mass is 10.0. The fourth-order valence-corrected chi connectivity index (χ4v) is 6.57. The molecule has 2 aliphatic heterocycles. The first-order valence-corrected chi connectivity index (χ1v) is 21.6. The van der Waals surface area contributed by atoms with Gasteiger partial charge >= 0.3 is 6.09 Å². The molecule has 1 N–H and O–H groups in total. The average molecular weight is 753 g/mol. The number of alkyl carbamates (subject to hydrolysis) is 1. The number of carbonyl (C=O) groups excluding carboxylic acids is 2. The van der Waals surface area contributed by atoms with Crippen LogP contribution in [0.25, 0.3) is 11.8 Å². The molecule has 0 fully saturated rings. The molecule has 5 rings (SSSR count). The summed E-state index contributed by atoms with van der Waals surface area (Å²) in [5.41, 5.74) is 3.34. The molecule has 0 unspecified atom stereocenters. The van der Waals surface area contributed by atoms with E-state index in [1.54, 1.807) is 24.4 Å². The summed E-state index contributed by atoms with van der Waals surface area (Å²) < 4.78 is 32.6. The van der Waals surface area contributed by atoms with Gasteiger partial charge in [-0.2, -0.15) is 0 Å². The summed E-state index contributed by atoms with van der Waals surface area (Å²) in [7, 11) is -2.01. The van der Waals surface area contributed by atoms with Crippen molar-refractivity contribution in [1.29, 1.82) is 0 Å². The zero-order valence-corrected chi connectivity index (χ0v) is 33.8. The Morgan fingerprint density at radius 1 is 0.907 bits per heavy atom. The molecule has 286 valence electrons. The van der Waals surface area contributed by atoms with Gasteiger partial charge in [0.05, 0.1) is 18.0 Å². The highest BCUT2D eigenvalue weighted by Crippen LogP contribution is 2.38. The predicted molar refractivity (Wildman–Crippen MR) is 217 cm³/mol. The highest BCUT2D eigenvalue weighted by atomic mass is 28.4. The van der Waals surface area contributed by atoms with Gasteiger partial charge in [-0.15, -0.1) is 0 Å². The number of hydrogen-bond acceptors (Lipinski definition) is 7. The Bertz CT molecular complexity index is 1940. The molecule has 11 heteroatoms. The molecule has 2 aliphatic rings. The van der Waals surface area contributed by atoms with Gasteiger partial charge < -0.3 is 19.2 Å². The van der Waals surface area contributed by atoms with Crippen LogP contribution >= 0.6 is 0 Å². The molecule has 9 nitrogen and oxygen atoms in total. The number of unbranched alkanes of at least 4 members (excludes halogenated alkanes) is 3. The predicted octanol–water partition coefficient (Wildman–Crippen LogP) is 9.95. The van der Waals surface area contributed by atoms with Gasteiger partial charge in [0.1, 0.15) is 17.0 Å². The van der Waals surface area contributed by atoms with Crippen molar-refractivity contribution in [3.05, 3.63) is 107 Å². The number of aliphatic imine (C=N–C) groups is 2. The maximum Gasteiger partial charge on any atom is 0.407 e. The van der Waals surface area contributed by atoms with E-state index >= 15 is 4.39 Å². The van der Waals surface area contributed by atoms with Crippen LogP contribution in [0.4, 0.5) is 9.18 Å². The number of amidine groups is 1. The number of nitrogens with zero attached hydrogens (tertiary/aromatic N) is 3. The molecule has 0 aliphatic carbocycles. The summed E-state index contributed by atoms with van der Waals surface area (Å²) in [6.45, 7) is 17.4. The number of halogens is 1. The average Bonchev–Trinajstić information content (AvgIpc) is 3.40. The van der Waals surface area contributed by atoms with Crippen LogP contribution in [0.1, 0.15) is 83.9 Å². The summed E-state index contributed by atoms with van der Waals surface area (Å²) in [5, 5.41) is 2.82. The zero-order valence-electron chi connectivity index (χ0n) is 32.8. The molecule has 0 atom stereocenters. The lowest BCUT2D eigenvalue weighted by Crippen LogP contribution is -2.43. The van der Waals surface area contributed by atoms with Gasteiger partial charge in [-0.1, -0.05) is 70.0 Å². The number of rotatable bonds is 14. The van der Waals surface area contributed by atoms with E-state index in [2.05, 4.69) is 39.2 Å². The number of nitrogens with one attached hydrogen (secondary N) is 1. The highest BCUT2D eigenvalue weighted by molar-refractivity contribution is 6.74. The van der Waals surface area contributed by atoms with Crippen molar-refractivity contribution in [1.82, 2.24) is 10.2 Å². The van der Waals surface area contributed by atoms with Crippen molar-refractivity contribution < 1.29 is 27.9 Å². The highest BCUT2D eigenvalue weighted by Gasteiger charge is 2.39. The summed E-state index contributed by atoms with van der Waals surface area (Å²) >= 11 is 0. The Morgan fingerprint density at radius 2 is 1.61 bits per heavy atom. The van der Waals surface area contributed by atoms with Gasteiger partial charge in [0.15, 0.2) is 17.4 Å². The summed E-state index contributed by atoms with van der Waals surface area (Å²) in [5.74, 6) is 0.581. The number of ether oxygens (including phenoxy) is 2. The van der Waals surface area contributed by atoms with Crippen LogP contribution in [0, 0.1) is 5.82 Å². The Kier molecular flexibility index (Phi) is 12.6. The van der Waals surface area contributed by atoms with Gasteiger partial charge in [-0.25, -0.2) is 19.2 Å². The first-order chi connectivity index (χ1) is 25.5. The Morgan fingerprint density at radius 3 is 2.28 bits per heavy atom. The minimum absolute atomic E-state index is 0.0687. The van der Waals surface area contributed by atoms with Crippen LogP contribution in [0.5, 0.6) is 11.5 Å². The van der Waals surface area contributed by atoms with E-state index in [0.717, 1.165) is 42.6 Å². The fraction of sp³-hybridized carbons (Fsp3) is 0.395. The molecule has 3 aromatic carbocycles. The third-order valence-electron chi connectivity index (χ3n) is 9.46. The Labute approximate surface area is 320 Å². The van der Waals surface area contributed by atoms with E-state index in [-0.39, 0.29) is 22.4 Å². The van der Waals surface area contributed by atoms with Crippen LogP contribution < -0.4 is 14.5 Å². The minimum atomic E-state index is -2.01. The van der Waals surface area contributed by atoms with Gasteiger partial charge in [0.25, 0.3) is 5.91 Å². The molecule has 54 heavy (non-hydrogen) atoms. The van der Waals surface area contributed by atoms with E-state index in [4.69, 9.17) is 23.9 Å². The molecule has 0 saturated heterocycles. The SMILES string of the molecule is CC(C)(C)OC(=O)NCCCCCCOc1ccc(/C=C2\N=C3C(Cc4ccccc4)=NC(c4ccc(O[Si](C)(C)C(C)(C)C)cc4)=CN3C2=O)cc1F. The van der Waals surface area contributed by atoms with Gasteiger partial charge in [-0.05, 0) is 105 Å². The summed E-state index contributed by atoms with van der Waals surface area (Å²) in [6, 6.07) is 22.4. The number of amides is 2. The molecule has 0 saturated carbocycles. The van der Waals surface area contributed by atoms with E-state index in [1.165, 1.54) is 11.0 Å². The standard InChI is InChI=1S/C43H53FN4O5Si/c1-42(2,3)52-41(50)45-24-14-9-10-15-25-51-38-23-18-31(26-34(38)44)28-36-40(49)48-29-37(46-35(39(48)47-36)27-30-16-12-11-13-17-30)32-19-21-33(22-20-32)53-54(7,8)43(4,5)6/h11-13,16-23,26,28-29H,9-10,14-15,24-25,27H2,1-8H3,(H,45,50)/b36-28-. The Balaban J connectivity index is 1.24. The zero-order chi connectivity index (χ0) is 39.1. The van der Waals surface area contributed by atoms with E-state index in [1.807, 2.05) is 75.4 Å².